The van der Waals surface area contributed by atoms with Crippen molar-refractivity contribution in [3.05, 3.63) is 84.3 Å². The first-order chi connectivity index (χ1) is 18.4. The first kappa shape index (κ1) is 32.1. The van der Waals surface area contributed by atoms with Crippen LogP contribution >= 0.6 is 0 Å². The average Bonchev–Trinajstić information content (AvgIpc) is 2.89. The number of carbonyl (C=O) groups is 3. The summed E-state index contributed by atoms with van der Waals surface area (Å²) in [6.45, 7) is 0.915. The molecule has 39 heavy (non-hydrogen) atoms. The quantitative estimate of drug-likeness (QED) is 0.366. The van der Waals surface area contributed by atoms with Gasteiger partial charge in [-0.3, -0.25) is 14.4 Å². The Morgan fingerprint density at radius 3 is 1.92 bits per heavy atom. The zero-order valence-corrected chi connectivity index (χ0v) is 24.4. The van der Waals surface area contributed by atoms with Crippen molar-refractivity contribution >= 4 is 17.5 Å². The summed E-state index contributed by atoms with van der Waals surface area (Å²) in [5, 5.41) is 21.2. The SMILES string of the molecule is COC(=O)C1C([O-])=CC(=O)CC1CCOc1ccccc1.O=C1C=C(O)CC(CCOc2ccccc2)C1.[Na+]. The number of rotatable bonds is 9. The van der Waals surface area contributed by atoms with Crippen LogP contribution in [0, 0.1) is 17.8 Å². The number of aliphatic hydroxyl groups excluding tert-OH is 1. The maximum absolute atomic E-state index is 11.8. The van der Waals surface area contributed by atoms with Gasteiger partial charge < -0.3 is 24.4 Å². The van der Waals surface area contributed by atoms with E-state index >= 15 is 0 Å². The van der Waals surface area contributed by atoms with Crippen molar-refractivity contribution in [2.45, 2.75) is 32.1 Å². The molecular formula is C30H33NaO8. The number of para-hydroxylation sites is 2. The van der Waals surface area contributed by atoms with Crippen LogP contribution in [0.15, 0.2) is 84.3 Å². The van der Waals surface area contributed by atoms with Gasteiger partial charge in [0.2, 0.25) is 0 Å². The Morgan fingerprint density at radius 1 is 0.846 bits per heavy atom. The summed E-state index contributed by atoms with van der Waals surface area (Å²) in [4.78, 5) is 34.5. The monoisotopic (exact) mass is 544 g/mol. The van der Waals surface area contributed by atoms with Crippen molar-refractivity contribution in [3.8, 4) is 11.5 Å². The Kier molecular flexibility index (Phi) is 13.8. The second-order valence-corrected chi connectivity index (χ2v) is 9.25. The number of ether oxygens (including phenoxy) is 3. The fraction of sp³-hybridized carbons (Fsp3) is 0.367. The van der Waals surface area contributed by atoms with Gasteiger partial charge in [-0.25, -0.2) is 0 Å². The van der Waals surface area contributed by atoms with E-state index in [1.165, 1.54) is 13.2 Å². The van der Waals surface area contributed by atoms with E-state index in [9.17, 15) is 24.6 Å². The van der Waals surface area contributed by atoms with Gasteiger partial charge in [0.1, 0.15) is 11.5 Å². The Hall–Kier alpha value is -3.07. The van der Waals surface area contributed by atoms with Crippen molar-refractivity contribution in [3.63, 3.8) is 0 Å². The van der Waals surface area contributed by atoms with E-state index in [-0.39, 0.29) is 65.1 Å². The third-order valence-corrected chi connectivity index (χ3v) is 6.35. The molecule has 8 nitrogen and oxygen atoms in total. The summed E-state index contributed by atoms with van der Waals surface area (Å²) < 4.78 is 15.8. The van der Waals surface area contributed by atoms with Gasteiger partial charge in [-0.1, -0.05) is 36.4 Å². The maximum atomic E-state index is 11.8. The largest absolute Gasteiger partial charge is 1.00 e. The predicted molar refractivity (Wildman–Crippen MR) is 138 cm³/mol. The molecule has 1 N–H and O–H groups in total. The normalized spacial score (nSPS) is 20.3. The van der Waals surface area contributed by atoms with Gasteiger partial charge in [-0.2, -0.15) is 0 Å². The van der Waals surface area contributed by atoms with Crippen LogP contribution in [0.2, 0.25) is 0 Å². The third-order valence-electron chi connectivity index (χ3n) is 6.35. The molecule has 0 radical (unpaired) electrons. The summed E-state index contributed by atoms with van der Waals surface area (Å²) in [5.41, 5.74) is 0. The zero-order chi connectivity index (χ0) is 27.3. The minimum Gasteiger partial charge on any atom is -0.875 e. The van der Waals surface area contributed by atoms with Gasteiger partial charge >= 0.3 is 35.5 Å². The Labute approximate surface area is 250 Å². The number of methoxy groups -OCH3 is 1. The molecule has 0 amide bonds. The molecule has 0 saturated heterocycles. The first-order valence-corrected chi connectivity index (χ1v) is 12.6. The Balaban J connectivity index is 0.000000272. The third kappa shape index (κ3) is 10.9. The summed E-state index contributed by atoms with van der Waals surface area (Å²) in [6, 6.07) is 18.8. The van der Waals surface area contributed by atoms with Crippen molar-refractivity contribution in [1.82, 2.24) is 0 Å². The average molecular weight is 545 g/mol. The molecule has 3 atom stereocenters. The molecule has 0 aromatic heterocycles. The molecule has 0 aliphatic heterocycles. The number of hydrogen-bond acceptors (Lipinski definition) is 8. The van der Waals surface area contributed by atoms with Crippen LogP contribution in [0.25, 0.3) is 0 Å². The second kappa shape index (κ2) is 16.8. The van der Waals surface area contributed by atoms with Crippen LogP contribution in [-0.2, 0) is 19.1 Å². The Bertz CT molecular complexity index is 1130. The van der Waals surface area contributed by atoms with Gasteiger partial charge in [0, 0.05) is 25.3 Å². The van der Waals surface area contributed by atoms with Crippen LogP contribution in [0.1, 0.15) is 32.1 Å². The van der Waals surface area contributed by atoms with Crippen molar-refractivity contribution < 1.29 is 68.4 Å². The molecular weight excluding hydrogens is 511 g/mol. The van der Waals surface area contributed by atoms with Crippen LogP contribution in [0.4, 0.5) is 0 Å². The molecule has 3 unspecified atom stereocenters. The number of carbonyl (C=O) groups excluding carboxylic acids is 3. The van der Waals surface area contributed by atoms with Crippen LogP contribution in [0.3, 0.4) is 0 Å². The van der Waals surface area contributed by atoms with Crippen molar-refractivity contribution in [1.29, 1.82) is 0 Å². The van der Waals surface area contributed by atoms with Gasteiger partial charge in [0.05, 0.1) is 32.0 Å². The summed E-state index contributed by atoms with van der Waals surface area (Å²) in [7, 11) is 1.24. The summed E-state index contributed by atoms with van der Waals surface area (Å²) in [6.07, 6.45) is 4.83. The smallest absolute Gasteiger partial charge is 0.875 e. The molecule has 2 aliphatic rings. The van der Waals surface area contributed by atoms with Crippen molar-refractivity contribution in [2.75, 3.05) is 20.3 Å². The molecule has 2 aliphatic carbocycles. The number of hydrogen-bond donors (Lipinski definition) is 1. The minimum atomic E-state index is -0.896. The van der Waals surface area contributed by atoms with Crippen LogP contribution in [-0.4, -0.2) is 43.0 Å². The van der Waals surface area contributed by atoms with Gasteiger partial charge in [-0.15, -0.1) is 5.76 Å². The second-order valence-electron chi connectivity index (χ2n) is 9.25. The van der Waals surface area contributed by atoms with Crippen molar-refractivity contribution in [2.24, 2.45) is 17.8 Å². The number of aliphatic hydroxyl groups is 1. The fourth-order valence-electron chi connectivity index (χ4n) is 4.49. The standard InChI is InChI=1S/C16H18O5.C14H16O3.Na/c1-20-16(19)15-11(9-12(17)10-14(15)18)7-8-21-13-5-3-2-4-6-13;15-12-8-11(9-13(16)10-12)6-7-17-14-4-2-1-3-5-14;/h2-6,10-11,15,18H,7-9H2,1H3;1-5,10-11,15H,6-9H2;/q;;+1/p-1. The molecule has 0 heterocycles. The van der Waals surface area contributed by atoms with Gasteiger partial charge in [-0.05, 0) is 55.0 Å². The number of benzene rings is 2. The van der Waals surface area contributed by atoms with Crippen LogP contribution in [0.5, 0.6) is 11.5 Å². The molecule has 0 spiro atoms. The maximum Gasteiger partial charge on any atom is 1.00 e. The van der Waals surface area contributed by atoms with E-state index in [2.05, 4.69) is 4.74 Å². The van der Waals surface area contributed by atoms with E-state index in [4.69, 9.17) is 9.47 Å². The summed E-state index contributed by atoms with van der Waals surface area (Å²) in [5.74, 6) is -0.596. The van der Waals surface area contributed by atoms with E-state index in [0.29, 0.717) is 38.2 Å². The molecule has 0 fully saturated rings. The van der Waals surface area contributed by atoms with E-state index in [1.807, 2.05) is 60.7 Å². The fourth-order valence-corrected chi connectivity index (χ4v) is 4.49. The molecule has 4 rings (SSSR count). The van der Waals surface area contributed by atoms with E-state index < -0.39 is 17.6 Å². The van der Waals surface area contributed by atoms with Crippen LogP contribution < -0.4 is 44.1 Å². The van der Waals surface area contributed by atoms with E-state index in [1.54, 1.807) is 0 Å². The van der Waals surface area contributed by atoms with Gasteiger partial charge in [0.25, 0.3) is 0 Å². The van der Waals surface area contributed by atoms with Gasteiger partial charge in [0.15, 0.2) is 11.6 Å². The Morgan fingerprint density at radius 2 is 1.38 bits per heavy atom. The summed E-state index contributed by atoms with van der Waals surface area (Å²) >= 11 is 0. The topological polar surface area (TPSA) is 122 Å². The zero-order valence-electron chi connectivity index (χ0n) is 22.4. The molecule has 0 bridgehead atoms. The molecule has 2 aromatic carbocycles. The molecule has 202 valence electrons. The molecule has 0 saturated carbocycles. The number of ketones is 2. The predicted octanol–water partition coefficient (Wildman–Crippen LogP) is 0.958. The molecule has 2 aromatic rings. The first-order valence-electron chi connectivity index (χ1n) is 12.6. The minimum absolute atomic E-state index is 0. The number of allylic oxidation sites excluding steroid dienone is 3. The van der Waals surface area contributed by atoms with E-state index in [0.717, 1.165) is 18.2 Å². The number of esters is 1. The molecule has 9 heteroatoms.